The van der Waals surface area contributed by atoms with Crippen LogP contribution in [-0.2, 0) is 23.1 Å². The van der Waals surface area contributed by atoms with Gasteiger partial charge in [0.25, 0.3) is 0 Å². The zero-order valence-electron chi connectivity index (χ0n) is 10.9. The van der Waals surface area contributed by atoms with Gasteiger partial charge < -0.3 is 0 Å². The molecule has 0 amide bonds. The zero-order valence-corrected chi connectivity index (χ0v) is 12.5. The third-order valence-electron chi connectivity index (χ3n) is 2.75. The summed E-state index contributed by atoms with van der Waals surface area (Å²) in [6, 6.07) is 6.10. The molecule has 0 unspecified atom stereocenters. The maximum atomic E-state index is 12.8. The minimum Gasteiger partial charge on any atom is -0.255 e. The fourth-order valence-electron chi connectivity index (χ4n) is 1.84. The minimum absolute atomic E-state index is 0.264. The number of rotatable bonds is 2. The van der Waals surface area contributed by atoms with Gasteiger partial charge in [0, 0.05) is 12.1 Å². The van der Waals surface area contributed by atoms with Gasteiger partial charge in [-0.05, 0) is 24.3 Å². The quantitative estimate of drug-likeness (QED) is 0.835. The van der Waals surface area contributed by atoms with E-state index in [-0.39, 0.29) is 9.92 Å². The third kappa shape index (κ3) is 2.67. The summed E-state index contributed by atoms with van der Waals surface area (Å²) in [5.74, 6) is 0. The fraction of sp³-hybridized carbons (Fsp3) is 0.167. The number of aryl methyl sites for hydroxylation is 1. The van der Waals surface area contributed by atoms with Crippen LogP contribution in [0.3, 0.4) is 0 Å². The Bertz CT molecular complexity index is 865. The van der Waals surface area contributed by atoms with Crippen LogP contribution >= 0.6 is 11.6 Å². The SMILES string of the molecule is Cn1nc(C(F)(F)F)c(C#N)c1S(=O)(=O)c1ccc(Cl)cc1. The summed E-state index contributed by atoms with van der Waals surface area (Å²) in [6.07, 6.45) is -4.93. The largest absolute Gasteiger partial charge is 0.436 e. The number of aromatic nitrogens is 2. The van der Waals surface area contributed by atoms with Gasteiger partial charge in [-0.1, -0.05) is 11.6 Å². The predicted octanol–water partition coefficient (Wildman–Crippen LogP) is 2.80. The molecular formula is C12H7ClF3N3O2S. The number of hydrogen-bond donors (Lipinski definition) is 0. The fourth-order valence-corrected chi connectivity index (χ4v) is 3.48. The molecule has 2 aromatic rings. The first-order valence-electron chi connectivity index (χ1n) is 5.64. The minimum atomic E-state index is -4.93. The monoisotopic (exact) mass is 349 g/mol. The van der Waals surface area contributed by atoms with Crippen molar-refractivity contribution in [3.63, 3.8) is 0 Å². The second kappa shape index (κ2) is 5.30. The van der Waals surface area contributed by atoms with Gasteiger partial charge in [-0.2, -0.15) is 23.5 Å². The van der Waals surface area contributed by atoms with Crippen molar-refractivity contribution in [3.05, 3.63) is 40.5 Å². The van der Waals surface area contributed by atoms with Crippen molar-refractivity contribution in [1.29, 1.82) is 5.26 Å². The van der Waals surface area contributed by atoms with E-state index in [1.807, 2.05) is 0 Å². The summed E-state index contributed by atoms with van der Waals surface area (Å²) < 4.78 is 64.0. The number of nitrogens with zero attached hydrogens (tertiary/aromatic N) is 3. The normalized spacial score (nSPS) is 12.2. The van der Waals surface area contributed by atoms with E-state index in [0.29, 0.717) is 4.68 Å². The Labute approximate surface area is 128 Å². The second-order valence-electron chi connectivity index (χ2n) is 4.22. The molecule has 10 heteroatoms. The highest BCUT2D eigenvalue weighted by molar-refractivity contribution is 7.91. The van der Waals surface area contributed by atoms with Gasteiger partial charge in [0.15, 0.2) is 10.7 Å². The molecule has 0 spiro atoms. The van der Waals surface area contributed by atoms with E-state index in [1.165, 1.54) is 18.2 Å². The van der Waals surface area contributed by atoms with Crippen LogP contribution in [0.2, 0.25) is 5.02 Å². The van der Waals surface area contributed by atoms with Crippen LogP contribution in [0.15, 0.2) is 34.2 Å². The van der Waals surface area contributed by atoms with Gasteiger partial charge in [-0.25, -0.2) is 8.42 Å². The number of sulfone groups is 1. The van der Waals surface area contributed by atoms with Crippen molar-refractivity contribution in [1.82, 2.24) is 9.78 Å². The molecule has 0 aliphatic rings. The van der Waals surface area contributed by atoms with Crippen molar-refractivity contribution in [3.8, 4) is 6.07 Å². The van der Waals surface area contributed by atoms with Crippen molar-refractivity contribution in [2.45, 2.75) is 16.1 Å². The molecule has 1 aromatic heterocycles. The topological polar surface area (TPSA) is 75.8 Å². The highest BCUT2D eigenvalue weighted by Crippen LogP contribution is 2.35. The first kappa shape index (κ1) is 16.3. The van der Waals surface area contributed by atoms with Gasteiger partial charge in [-0.3, -0.25) is 4.68 Å². The number of benzene rings is 1. The Balaban J connectivity index is 2.75. The molecular weight excluding hydrogens is 343 g/mol. The van der Waals surface area contributed by atoms with Crippen LogP contribution in [0.1, 0.15) is 11.3 Å². The molecule has 0 bridgehead atoms. The molecule has 0 saturated carbocycles. The lowest BCUT2D eigenvalue weighted by molar-refractivity contribution is -0.141. The zero-order chi connectivity index (χ0) is 16.7. The maximum absolute atomic E-state index is 12.8. The van der Waals surface area contributed by atoms with Gasteiger partial charge in [0.05, 0.1) is 4.90 Å². The highest BCUT2D eigenvalue weighted by Gasteiger charge is 2.42. The average Bonchev–Trinajstić information content (AvgIpc) is 2.76. The summed E-state index contributed by atoms with van der Waals surface area (Å²) in [4.78, 5) is -0.287. The number of nitriles is 1. The number of halogens is 4. The molecule has 0 fully saturated rings. The van der Waals surface area contributed by atoms with Gasteiger partial charge in [0.2, 0.25) is 9.84 Å². The molecule has 0 saturated heterocycles. The molecule has 1 heterocycles. The molecule has 2 rings (SSSR count). The van der Waals surface area contributed by atoms with Crippen LogP contribution in [-0.4, -0.2) is 18.2 Å². The smallest absolute Gasteiger partial charge is 0.255 e. The lowest BCUT2D eigenvalue weighted by Crippen LogP contribution is -2.10. The number of alkyl halides is 3. The van der Waals surface area contributed by atoms with Crippen LogP contribution in [0.25, 0.3) is 0 Å². The standard InChI is InChI=1S/C12H7ClF3N3O2S/c1-19-11(9(6-17)10(18-19)12(14,15)16)22(20,21)8-4-2-7(13)3-5-8/h2-5H,1H3. The van der Waals surface area contributed by atoms with Gasteiger partial charge in [-0.15, -0.1) is 0 Å². The Morgan fingerprint density at radius 1 is 1.27 bits per heavy atom. The van der Waals surface area contributed by atoms with Gasteiger partial charge in [0.1, 0.15) is 11.6 Å². The van der Waals surface area contributed by atoms with E-state index >= 15 is 0 Å². The van der Waals surface area contributed by atoms with E-state index < -0.39 is 32.3 Å². The molecule has 1 aromatic carbocycles. The summed E-state index contributed by atoms with van der Waals surface area (Å²) in [5, 5.41) is 11.5. The lowest BCUT2D eigenvalue weighted by Gasteiger charge is -2.05. The Hall–Kier alpha value is -2.05. The van der Waals surface area contributed by atoms with Crippen molar-refractivity contribution >= 4 is 21.4 Å². The van der Waals surface area contributed by atoms with Crippen molar-refractivity contribution in [2.75, 3.05) is 0 Å². The van der Waals surface area contributed by atoms with Crippen molar-refractivity contribution in [2.24, 2.45) is 7.05 Å². The van der Waals surface area contributed by atoms with E-state index in [4.69, 9.17) is 16.9 Å². The first-order chi connectivity index (χ1) is 10.1. The molecule has 0 atom stereocenters. The Kier molecular flexibility index (Phi) is 3.93. The Morgan fingerprint density at radius 2 is 1.82 bits per heavy atom. The van der Waals surface area contributed by atoms with Gasteiger partial charge >= 0.3 is 6.18 Å². The molecule has 116 valence electrons. The van der Waals surface area contributed by atoms with Crippen LogP contribution in [0.4, 0.5) is 13.2 Å². The summed E-state index contributed by atoms with van der Waals surface area (Å²) in [7, 11) is -3.32. The number of hydrogen-bond acceptors (Lipinski definition) is 4. The van der Waals surface area contributed by atoms with Crippen LogP contribution in [0, 0.1) is 11.3 Å². The molecule has 0 aliphatic carbocycles. The maximum Gasteiger partial charge on any atom is 0.436 e. The summed E-state index contributed by atoms with van der Waals surface area (Å²) >= 11 is 5.65. The predicted molar refractivity (Wildman–Crippen MR) is 69.8 cm³/mol. The molecule has 0 aliphatic heterocycles. The highest BCUT2D eigenvalue weighted by atomic mass is 35.5. The molecule has 5 nitrogen and oxygen atoms in total. The molecule has 0 radical (unpaired) electrons. The van der Waals surface area contributed by atoms with E-state index in [1.54, 1.807) is 0 Å². The van der Waals surface area contributed by atoms with E-state index in [0.717, 1.165) is 19.2 Å². The first-order valence-corrected chi connectivity index (χ1v) is 7.50. The van der Waals surface area contributed by atoms with Crippen LogP contribution < -0.4 is 0 Å². The van der Waals surface area contributed by atoms with E-state index in [9.17, 15) is 21.6 Å². The van der Waals surface area contributed by atoms with Crippen LogP contribution in [0.5, 0.6) is 0 Å². The third-order valence-corrected chi connectivity index (χ3v) is 4.88. The van der Waals surface area contributed by atoms with Crippen molar-refractivity contribution < 1.29 is 21.6 Å². The summed E-state index contributed by atoms with van der Waals surface area (Å²) in [6.45, 7) is 0. The second-order valence-corrected chi connectivity index (χ2v) is 6.52. The Morgan fingerprint density at radius 3 is 2.27 bits per heavy atom. The molecule has 0 N–H and O–H groups in total. The average molecular weight is 350 g/mol. The molecule has 22 heavy (non-hydrogen) atoms. The summed E-state index contributed by atoms with van der Waals surface area (Å²) in [5.41, 5.74) is -2.57. The lowest BCUT2D eigenvalue weighted by atomic mass is 10.2. The van der Waals surface area contributed by atoms with E-state index in [2.05, 4.69) is 5.10 Å².